The van der Waals surface area contributed by atoms with Crippen LogP contribution in [0, 0.1) is 5.41 Å². The molecule has 0 aliphatic heterocycles. The molecule has 0 aliphatic rings. The average molecular weight is 536 g/mol. The third kappa shape index (κ3) is 8.35. The minimum atomic E-state index is -3.86. The number of benzene rings is 2. The van der Waals surface area contributed by atoms with E-state index >= 15 is 0 Å². The molecule has 0 saturated heterocycles. The van der Waals surface area contributed by atoms with Gasteiger partial charge in [0, 0.05) is 48.7 Å². The normalized spacial score (nSPS) is 12.0. The Labute approximate surface area is 216 Å². The number of esters is 1. The fraction of sp³-hybridized carbons (Fsp3) is 0.400. The number of hydrogen-bond acceptors (Lipinski definition) is 8. The topological polar surface area (TPSA) is 113 Å². The van der Waals surface area contributed by atoms with Crippen LogP contribution in [0.25, 0.3) is 10.8 Å². The van der Waals surface area contributed by atoms with Crippen molar-refractivity contribution in [3.8, 4) is 0 Å². The summed E-state index contributed by atoms with van der Waals surface area (Å²) in [6.45, 7) is 5.31. The lowest BCUT2D eigenvalue weighted by atomic mass is 10.00. The van der Waals surface area contributed by atoms with E-state index in [-0.39, 0.29) is 36.1 Å². The van der Waals surface area contributed by atoms with Crippen molar-refractivity contribution in [2.24, 2.45) is 5.41 Å². The SMILES string of the molecule is CN(C)c1cccc2c(S(=O)(=O)NCCC(=O)OCCN(C=O)C=CSC(=O)C(C)(C)C)cccc12. The molecule has 0 aliphatic carbocycles. The molecule has 0 aromatic heterocycles. The molecule has 1 amide bonds. The Hall–Kier alpha value is -2.89. The van der Waals surface area contributed by atoms with Gasteiger partial charge in [-0.2, -0.15) is 0 Å². The van der Waals surface area contributed by atoms with Gasteiger partial charge in [-0.25, -0.2) is 13.1 Å². The Balaban J connectivity index is 1.86. The smallest absolute Gasteiger partial charge is 0.307 e. The first kappa shape index (κ1) is 29.3. The van der Waals surface area contributed by atoms with Crippen molar-refractivity contribution >= 4 is 55.7 Å². The van der Waals surface area contributed by atoms with Gasteiger partial charge in [-0.1, -0.05) is 56.8 Å². The number of sulfonamides is 1. The van der Waals surface area contributed by atoms with Crippen molar-refractivity contribution in [3.05, 3.63) is 48.0 Å². The Morgan fingerprint density at radius 2 is 1.75 bits per heavy atom. The molecule has 196 valence electrons. The highest BCUT2D eigenvalue weighted by Crippen LogP contribution is 2.30. The third-order valence-electron chi connectivity index (χ3n) is 5.04. The van der Waals surface area contributed by atoms with E-state index in [1.807, 2.05) is 31.1 Å². The van der Waals surface area contributed by atoms with E-state index in [4.69, 9.17) is 4.74 Å². The van der Waals surface area contributed by atoms with E-state index < -0.39 is 21.4 Å². The number of ether oxygens (including phenoxy) is 1. The first-order valence-electron chi connectivity index (χ1n) is 11.3. The molecule has 0 spiro atoms. The number of anilines is 1. The van der Waals surface area contributed by atoms with E-state index in [9.17, 15) is 22.8 Å². The maximum atomic E-state index is 12.9. The first-order chi connectivity index (χ1) is 16.9. The van der Waals surface area contributed by atoms with E-state index in [0.29, 0.717) is 11.8 Å². The lowest BCUT2D eigenvalue weighted by Crippen LogP contribution is -2.28. The highest BCUT2D eigenvalue weighted by Gasteiger charge is 2.21. The maximum Gasteiger partial charge on any atom is 0.307 e. The molecule has 36 heavy (non-hydrogen) atoms. The number of thioether (sulfide) groups is 1. The zero-order chi connectivity index (χ0) is 26.9. The number of fused-ring (bicyclic) bond motifs is 1. The van der Waals surface area contributed by atoms with Crippen LogP contribution in [0.15, 0.2) is 52.9 Å². The molecular weight excluding hydrogens is 502 g/mol. The second kappa shape index (κ2) is 12.9. The van der Waals surface area contributed by atoms with Crippen LogP contribution in [0.1, 0.15) is 27.2 Å². The van der Waals surface area contributed by atoms with Crippen molar-refractivity contribution in [2.75, 3.05) is 38.7 Å². The highest BCUT2D eigenvalue weighted by atomic mass is 32.2. The molecule has 1 N–H and O–H groups in total. The quantitative estimate of drug-likeness (QED) is 0.325. The molecule has 9 nitrogen and oxygen atoms in total. The van der Waals surface area contributed by atoms with Crippen LogP contribution < -0.4 is 9.62 Å². The van der Waals surface area contributed by atoms with Crippen molar-refractivity contribution in [1.82, 2.24) is 9.62 Å². The standard InChI is InChI=1S/C25H33N3O6S2/c1-25(2,3)24(31)35-17-15-28(18-29)14-16-34-23(30)12-13-26-36(32,33)22-11-7-8-19-20(22)9-6-10-21(19)27(4)5/h6-11,15,17-18,26H,12-14,16H2,1-5H3. The minimum Gasteiger partial charge on any atom is -0.464 e. The van der Waals surface area contributed by atoms with E-state index in [0.717, 1.165) is 22.8 Å². The largest absolute Gasteiger partial charge is 0.464 e. The van der Waals surface area contributed by atoms with E-state index in [2.05, 4.69) is 4.72 Å². The maximum absolute atomic E-state index is 12.9. The number of hydrogen-bond donors (Lipinski definition) is 1. The molecule has 0 unspecified atom stereocenters. The summed E-state index contributed by atoms with van der Waals surface area (Å²) >= 11 is 0.986. The van der Waals surface area contributed by atoms with E-state index in [1.54, 1.807) is 39.0 Å². The summed E-state index contributed by atoms with van der Waals surface area (Å²) in [7, 11) is -0.0880. The van der Waals surface area contributed by atoms with Crippen LogP contribution >= 0.6 is 11.8 Å². The molecule has 0 heterocycles. The van der Waals surface area contributed by atoms with Gasteiger partial charge in [0.2, 0.25) is 16.4 Å². The van der Waals surface area contributed by atoms with Crippen LogP contribution in [-0.4, -0.2) is 64.6 Å². The van der Waals surface area contributed by atoms with Crippen LogP contribution in [0.5, 0.6) is 0 Å². The van der Waals surface area contributed by atoms with E-state index in [1.165, 1.54) is 22.6 Å². The van der Waals surface area contributed by atoms with Crippen LogP contribution in [-0.2, 0) is 29.1 Å². The molecular formula is C25H33N3O6S2. The first-order valence-corrected chi connectivity index (χ1v) is 13.7. The van der Waals surface area contributed by atoms with Crippen molar-refractivity contribution in [3.63, 3.8) is 0 Å². The fourth-order valence-corrected chi connectivity index (χ4v) is 5.05. The average Bonchev–Trinajstić information content (AvgIpc) is 2.81. The minimum absolute atomic E-state index is 0.0416. The van der Waals surface area contributed by atoms with Gasteiger partial charge < -0.3 is 14.5 Å². The predicted octanol–water partition coefficient (Wildman–Crippen LogP) is 3.35. The van der Waals surface area contributed by atoms with Crippen LogP contribution in [0.4, 0.5) is 5.69 Å². The number of nitrogens with zero attached hydrogens (tertiary/aromatic N) is 2. The van der Waals surface area contributed by atoms with Gasteiger partial charge >= 0.3 is 5.97 Å². The van der Waals surface area contributed by atoms with Crippen LogP contribution in [0.2, 0.25) is 0 Å². The Morgan fingerprint density at radius 1 is 1.08 bits per heavy atom. The van der Waals surface area contributed by atoms with Crippen molar-refractivity contribution in [2.45, 2.75) is 32.1 Å². The lowest BCUT2D eigenvalue weighted by Gasteiger charge is -2.17. The van der Waals surface area contributed by atoms with Crippen molar-refractivity contribution < 1.29 is 27.5 Å². The summed E-state index contributed by atoms with van der Waals surface area (Å²) in [6, 6.07) is 10.5. The second-order valence-electron chi connectivity index (χ2n) is 9.17. The zero-order valence-corrected chi connectivity index (χ0v) is 22.8. The van der Waals surface area contributed by atoms with Gasteiger partial charge in [0.25, 0.3) is 0 Å². The molecule has 2 aromatic carbocycles. The summed E-state index contributed by atoms with van der Waals surface area (Å²) in [4.78, 5) is 38.4. The highest BCUT2D eigenvalue weighted by molar-refractivity contribution is 8.16. The Kier molecular flexibility index (Phi) is 10.5. The molecule has 2 rings (SSSR count). The van der Waals surface area contributed by atoms with Crippen LogP contribution in [0.3, 0.4) is 0 Å². The number of nitrogens with one attached hydrogen (secondary N) is 1. The monoisotopic (exact) mass is 535 g/mol. The summed E-state index contributed by atoms with van der Waals surface area (Å²) in [5.41, 5.74) is 0.396. The molecule has 0 bridgehead atoms. The molecule has 0 radical (unpaired) electrons. The van der Waals surface area contributed by atoms with Gasteiger partial charge in [-0.15, -0.1) is 0 Å². The Bertz CT molecular complexity index is 1220. The number of carbonyl (C=O) groups excluding carboxylic acids is 3. The third-order valence-corrected chi connectivity index (χ3v) is 7.64. The van der Waals surface area contributed by atoms with Gasteiger partial charge in [0.15, 0.2) is 5.12 Å². The molecule has 0 saturated carbocycles. The zero-order valence-electron chi connectivity index (χ0n) is 21.2. The van der Waals surface area contributed by atoms with Gasteiger partial charge in [-0.05, 0) is 17.5 Å². The number of amides is 1. The fourth-order valence-electron chi connectivity index (χ4n) is 3.10. The second-order valence-corrected chi connectivity index (χ2v) is 11.8. The lowest BCUT2D eigenvalue weighted by molar-refractivity contribution is -0.144. The Morgan fingerprint density at radius 3 is 2.39 bits per heavy atom. The molecule has 11 heteroatoms. The molecule has 2 aromatic rings. The summed E-state index contributed by atoms with van der Waals surface area (Å²) in [5.74, 6) is -0.599. The summed E-state index contributed by atoms with van der Waals surface area (Å²) in [6.07, 6.45) is 1.83. The number of carbonyl (C=O) groups is 3. The van der Waals surface area contributed by atoms with Gasteiger partial charge in [0.05, 0.1) is 17.9 Å². The predicted molar refractivity (Wildman–Crippen MR) is 143 cm³/mol. The molecule has 0 atom stereocenters. The van der Waals surface area contributed by atoms with Gasteiger partial charge in [0.1, 0.15) is 6.61 Å². The summed E-state index contributed by atoms with van der Waals surface area (Å²) < 4.78 is 33.4. The molecule has 0 fully saturated rings. The van der Waals surface area contributed by atoms with Crippen molar-refractivity contribution in [1.29, 1.82) is 0 Å². The van der Waals surface area contributed by atoms with Gasteiger partial charge in [-0.3, -0.25) is 14.4 Å². The summed E-state index contributed by atoms with van der Waals surface area (Å²) in [5, 5.41) is 2.86. The number of rotatable bonds is 12.